The summed E-state index contributed by atoms with van der Waals surface area (Å²) in [4.78, 5) is 18.6. The highest BCUT2D eigenvalue weighted by Gasteiger charge is 2.23. The van der Waals surface area contributed by atoms with E-state index in [-0.39, 0.29) is 5.78 Å². The van der Waals surface area contributed by atoms with Crippen molar-refractivity contribution in [1.29, 1.82) is 0 Å². The topological polar surface area (TPSA) is 36.0 Å². The molecular weight excluding hydrogens is 326 g/mol. The molecule has 26 heavy (non-hydrogen) atoms. The average molecular weight is 360 g/mol. The Morgan fingerprint density at radius 3 is 2.38 bits per heavy atom. The van der Waals surface area contributed by atoms with Crippen LogP contribution in [0.2, 0.25) is 0 Å². The molecule has 0 radical (unpaired) electrons. The maximum absolute atomic E-state index is 11.2. The minimum absolute atomic E-state index is 0.288. The van der Waals surface area contributed by atoms with Crippen molar-refractivity contribution < 1.29 is 9.53 Å². The second-order valence-corrected chi connectivity index (χ2v) is 7.71. The number of nitrogens with zero attached hydrogens (tertiary/aromatic N) is 3. The van der Waals surface area contributed by atoms with Crippen molar-refractivity contribution in [3.8, 4) is 5.75 Å². The van der Waals surface area contributed by atoms with Gasteiger partial charge in [0.15, 0.2) is 0 Å². The van der Waals surface area contributed by atoms with Crippen LogP contribution in [0.1, 0.15) is 26.2 Å². The largest absolute Gasteiger partial charge is 0.495 e. The monoisotopic (exact) mass is 359 g/mol. The number of likely N-dealkylation sites (tertiary alicyclic amines) is 1. The Kier molecular flexibility index (Phi) is 6.92. The zero-order chi connectivity index (χ0) is 18.4. The van der Waals surface area contributed by atoms with E-state index in [4.69, 9.17) is 4.74 Å². The van der Waals surface area contributed by atoms with Crippen LogP contribution in [-0.2, 0) is 4.79 Å². The molecular formula is C21H33N3O2. The Balaban J connectivity index is 1.38. The number of rotatable bonds is 7. The van der Waals surface area contributed by atoms with Gasteiger partial charge in [-0.3, -0.25) is 14.6 Å². The average Bonchev–Trinajstić information content (AvgIpc) is 2.67. The van der Waals surface area contributed by atoms with E-state index in [1.807, 2.05) is 12.1 Å². The second-order valence-electron chi connectivity index (χ2n) is 7.71. The number of Topliss-reactive ketones (excluding diaryl/α,β-unsaturated/α-hetero) is 1. The number of ether oxygens (including phenoxy) is 1. The number of hydrogen-bond acceptors (Lipinski definition) is 5. The number of hydrogen-bond donors (Lipinski definition) is 0. The molecule has 2 aliphatic rings. The summed E-state index contributed by atoms with van der Waals surface area (Å²) in [5.74, 6) is 2.08. The number of piperidine rings is 1. The highest BCUT2D eigenvalue weighted by atomic mass is 16.5. The Hall–Kier alpha value is -1.59. The first-order valence-corrected chi connectivity index (χ1v) is 9.98. The second kappa shape index (κ2) is 9.38. The van der Waals surface area contributed by atoms with Crippen LogP contribution in [0.15, 0.2) is 24.3 Å². The molecule has 5 heteroatoms. The van der Waals surface area contributed by atoms with Gasteiger partial charge in [0.1, 0.15) is 11.5 Å². The van der Waals surface area contributed by atoms with Crippen molar-refractivity contribution in [3.05, 3.63) is 24.3 Å². The van der Waals surface area contributed by atoms with Crippen LogP contribution < -0.4 is 9.64 Å². The van der Waals surface area contributed by atoms with Gasteiger partial charge in [0.2, 0.25) is 0 Å². The fourth-order valence-corrected chi connectivity index (χ4v) is 4.22. The molecule has 0 saturated carbocycles. The molecule has 2 fully saturated rings. The molecule has 0 bridgehead atoms. The highest BCUT2D eigenvalue weighted by molar-refractivity contribution is 5.77. The number of piperazine rings is 1. The lowest BCUT2D eigenvalue weighted by Gasteiger charge is -2.38. The van der Waals surface area contributed by atoms with Gasteiger partial charge in [-0.25, -0.2) is 0 Å². The molecule has 3 rings (SSSR count). The van der Waals surface area contributed by atoms with E-state index in [1.165, 1.54) is 31.5 Å². The van der Waals surface area contributed by atoms with Crippen molar-refractivity contribution in [3.63, 3.8) is 0 Å². The molecule has 2 saturated heterocycles. The van der Waals surface area contributed by atoms with E-state index in [1.54, 1.807) is 14.0 Å². The van der Waals surface area contributed by atoms with Gasteiger partial charge in [-0.2, -0.15) is 0 Å². The Morgan fingerprint density at radius 2 is 1.73 bits per heavy atom. The van der Waals surface area contributed by atoms with Gasteiger partial charge in [-0.1, -0.05) is 12.1 Å². The molecule has 2 heterocycles. The summed E-state index contributed by atoms with van der Waals surface area (Å²) in [5, 5.41) is 0. The lowest BCUT2D eigenvalue weighted by Crippen LogP contribution is -2.47. The van der Waals surface area contributed by atoms with E-state index in [9.17, 15) is 4.79 Å². The quantitative estimate of drug-likeness (QED) is 0.748. The van der Waals surface area contributed by atoms with Crippen molar-refractivity contribution >= 4 is 11.5 Å². The third-order valence-corrected chi connectivity index (χ3v) is 5.81. The molecule has 144 valence electrons. The third kappa shape index (κ3) is 5.21. The summed E-state index contributed by atoms with van der Waals surface area (Å²) in [6.07, 6.45) is 3.78. The Bertz CT molecular complexity index is 576. The van der Waals surface area contributed by atoms with Crippen LogP contribution in [0.25, 0.3) is 0 Å². The zero-order valence-electron chi connectivity index (χ0n) is 16.3. The van der Waals surface area contributed by atoms with Crippen molar-refractivity contribution in [1.82, 2.24) is 9.80 Å². The number of para-hydroxylation sites is 2. The molecule has 0 N–H and O–H groups in total. The number of benzene rings is 1. The molecule has 0 spiro atoms. The maximum atomic E-state index is 11.2. The van der Waals surface area contributed by atoms with Crippen LogP contribution in [-0.4, -0.2) is 75.1 Å². The molecule has 5 nitrogen and oxygen atoms in total. The Morgan fingerprint density at radius 1 is 1.04 bits per heavy atom. The van der Waals surface area contributed by atoms with Crippen LogP contribution in [0, 0.1) is 5.92 Å². The van der Waals surface area contributed by atoms with E-state index < -0.39 is 0 Å². The lowest BCUT2D eigenvalue weighted by atomic mass is 9.93. The van der Waals surface area contributed by atoms with Crippen LogP contribution in [0.3, 0.4) is 0 Å². The molecule has 0 amide bonds. The third-order valence-electron chi connectivity index (χ3n) is 5.81. The summed E-state index contributed by atoms with van der Waals surface area (Å²) in [6, 6.07) is 8.31. The normalized spacial score (nSPS) is 20.3. The SMILES string of the molecule is COc1ccccc1N1CCN(CCC2CCN(CC(C)=O)CC2)CC1. The van der Waals surface area contributed by atoms with E-state index in [0.29, 0.717) is 6.54 Å². The molecule has 2 aliphatic heterocycles. The fraction of sp³-hybridized carbons (Fsp3) is 0.667. The smallest absolute Gasteiger partial charge is 0.143 e. The van der Waals surface area contributed by atoms with E-state index in [2.05, 4.69) is 26.8 Å². The zero-order valence-corrected chi connectivity index (χ0v) is 16.3. The van der Waals surface area contributed by atoms with Gasteiger partial charge in [0, 0.05) is 26.2 Å². The molecule has 0 aliphatic carbocycles. The Labute approximate surface area is 157 Å². The van der Waals surface area contributed by atoms with E-state index >= 15 is 0 Å². The maximum Gasteiger partial charge on any atom is 0.143 e. The van der Waals surface area contributed by atoms with Gasteiger partial charge in [-0.05, 0) is 63.9 Å². The van der Waals surface area contributed by atoms with Gasteiger partial charge < -0.3 is 9.64 Å². The summed E-state index contributed by atoms with van der Waals surface area (Å²) in [5.41, 5.74) is 1.22. The molecule has 1 aromatic carbocycles. The predicted molar refractivity (Wildman–Crippen MR) is 106 cm³/mol. The standard InChI is InChI=1S/C21H33N3O2/c1-18(25)17-23-11-8-19(9-12-23)7-10-22-13-15-24(16-14-22)20-5-3-4-6-21(20)26-2/h3-6,19H,7-17H2,1-2H3. The molecule has 0 aromatic heterocycles. The molecule has 0 atom stereocenters. The summed E-state index contributed by atoms with van der Waals surface area (Å²) in [6.45, 7) is 10.1. The van der Waals surface area contributed by atoms with Crippen molar-refractivity contribution in [2.75, 3.05) is 64.4 Å². The minimum Gasteiger partial charge on any atom is -0.495 e. The summed E-state index contributed by atoms with van der Waals surface area (Å²) >= 11 is 0. The first-order valence-electron chi connectivity index (χ1n) is 9.98. The summed E-state index contributed by atoms with van der Waals surface area (Å²) in [7, 11) is 1.75. The predicted octanol–water partition coefficient (Wildman–Crippen LogP) is 2.51. The van der Waals surface area contributed by atoms with Crippen LogP contribution >= 0.6 is 0 Å². The first kappa shape index (κ1) is 19.2. The highest BCUT2D eigenvalue weighted by Crippen LogP contribution is 2.28. The van der Waals surface area contributed by atoms with Crippen LogP contribution in [0.5, 0.6) is 5.75 Å². The van der Waals surface area contributed by atoms with Crippen molar-refractivity contribution in [2.45, 2.75) is 26.2 Å². The number of carbonyl (C=O) groups is 1. The number of carbonyl (C=O) groups excluding carboxylic acids is 1. The molecule has 1 aromatic rings. The first-order chi connectivity index (χ1) is 12.7. The van der Waals surface area contributed by atoms with Crippen molar-refractivity contribution in [2.24, 2.45) is 5.92 Å². The lowest BCUT2D eigenvalue weighted by molar-refractivity contribution is -0.118. The number of methoxy groups -OCH3 is 1. The fourth-order valence-electron chi connectivity index (χ4n) is 4.22. The number of ketones is 1. The molecule has 0 unspecified atom stereocenters. The van der Waals surface area contributed by atoms with Gasteiger partial charge >= 0.3 is 0 Å². The van der Waals surface area contributed by atoms with Gasteiger partial charge in [-0.15, -0.1) is 0 Å². The minimum atomic E-state index is 0.288. The van der Waals surface area contributed by atoms with Gasteiger partial charge in [0.05, 0.1) is 19.3 Å². The van der Waals surface area contributed by atoms with Gasteiger partial charge in [0.25, 0.3) is 0 Å². The van der Waals surface area contributed by atoms with Crippen LogP contribution in [0.4, 0.5) is 5.69 Å². The summed E-state index contributed by atoms with van der Waals surface area (Å²) < 4.78 is 5.50. The van der Waals surface area contributed by atoms with E-state index in [0.717, 1.165) is 50.9 Å². The number of anilines is 1.